The Hall–Kier alpha value is -0.830. The van der Waals surface area contributed by atoms with Gasteiger partial charge in [-0.05, 0) is 43.8 Å². The highest BCUT2D eigenvalue weighted by atomic mass is 15.3. The molecule has 0 amide bonds. The fraction of sp³-hybridized carbons (Fsp3) is 0.786. The van der Waals surface area contributed by atoms with Crippen LogP contribution in [0.1, 0.15) is 39.8 Å². The van der Waals surface area contributed by atoms with Crippen molar-refractivity contribution in [3.8, 4) is 0 Å². The molecule has 0 fully saturated rings. The molecule has 1 aromatic heterocycles. The zero-order valence-corrected chi connectivity index (χ0v) is 11.7. The van der Waals surface area contributed by atoms with Crippen LogP contribution in [0.5, 0.6) is 0 Å². The van der Waals surface area contributed by atoms with Gasteiger partial charge in [-0.15, -0.1) is 0 Å². The summed E-state index contributed by atoms with van der Waals surface area (Å²) < 4.78 is 2.14. The van der Waals surface area contributed by atoms with Crippen LogP contribution in [0.15, 0.2) is 12.3 Å². The van der Waals surface area contributed by atoms with Gasteiger partial charge < -0.3 is 5.32 Å². The number of nitrogens with one attached hydrogen (secondary N) is 1. The van der Waals surface area contributed by atoms with Crippen LogP contribution in [0.2, 0.25) is 0 Å². The zero-order valence-electron chi connectivity index (χ0n) is 11.7. The summed E-state index contributed by atoms with van der Waals surface area (Å²) in [7, 11) is 0. The molecule has 0 aliphatic carbocycles. The number of hydrogen-bond donors (Lipinski definition) is 1. The summed E-state index contributed by atoms with van der Waals surface area (Å²) >= 11 is 0. The Morgan fingerprint density at radius 3 is 2.71 bits per heavy atom. The Kier molecular flexibility index (Phi) is 6.27. The van der Waals surface area contributed by atoms with Crippen molar-refractivity contribution in [1.82, 2.24) is 15.1 Å². The maximum Gasteiger partial charge on any atom is 0.0492 e. The van der Waals surface area contributed by atoms with Gasteiger partial charge in [0.2, 0.25) is 0 Å². The van der Waals surface area contributed by atoms with Crippen LogP contribution < -0.4 is 5.32 Å². The SMILES string of the molecule is CCCn1nccc1CC(C)CNCC(C)C. The van der Waals surface area contributed by atoms with Crippen molar-refractivity contribution in [2.45, 2.75) is 47.1 Å². The summed E-state index contributed by atoms with van der Waals surface area (Å²) in [4.78, 5) is 0. The third kappa shape index (κ3) is 5.35. The van der Waals surface area contributed by atoms with Crippen LogP contribution in [-0.4, -0.2) is 22.9 Å². The summed E-state index contributed by atoms with van der Waals surface area (Å²) in [6.07, 6.45) is 4.18. The predicted octanol–water partition coefficient (Wildman–Crippen LogP) is 2.72. The summed E-state index contributed by atoms with van der Waals surface area (Å²) in [5.41, 5.74) is 1.37. The van der Waals surface area contributed by atoms with E-state index in [0.717, 1.165) is 38.4 Å². The molecule has 1 unspecified atom stereocenters. The molecule has 0 aliphatic heterocycles. The first kappa shape index (κ1) is 14.2. The maximum atomic E-state index is 4.36. The van der Waals surface area contributed by atoms with E-state index in [1.54, 1.807) is 0 Å². The highest BCUT2D eigenvalue weighted by molar-refractivity contribution is 5.01. The van der Waals surface area contributed by atoms with Crippen molar-refractivity contribution in [1.29, 1.82) is 0 Å². The van der Waals surface area contributed by atoms with Crippen LogP contribution in [0.3, 0.4) is 0 Å². The Morgan fingerprint density at radius 1 is 1.29 bits per heavy atom. The molecule has 1 rings (SSSR count). The second-order valence-electron chi connectivity index (χ2n) is 5.41. The van der Waals surface area contributed by atoms with Crippen LogP contribution in [0.4, 0.5) is 0 Å². The van der Waals surface area contributed by atoms with Gasteiger partial charge in [0.05, 0.1) is 0 Å². The lowest BCUT2D eigenvalue weighted by Crippen LogP contribution is -2.26. The third-order valence-electron chi connectivity index (χ3n) is 2.84. The normalized spacial score (nSPS) is 13.2. The lowest BCUT2D eigenvalue weighted by atomic mass is 10.1. The van der Waals surface area contributed by atoms with Crippen molar-refractivity contribution in [2.75, 3.05) is 13.1 Å². The fourth-order valence-electron chi connectivity index (χ4n) is 1.99. The molecule has 0 radical (unpaired) electrons. The van der Waals surface area contributed by atoms with Crippen molar-refractivity contribution in [2.24, 2.45) is 11.8 Å². The molecule has 0 aromatic carbocycles. The molecule has 0 aliphatic rings. The zero-order chi connectivity index (χ0) is 12.7. The topological polar surface area (TPSA) is 29.9 Å². The lowest BCUT2D eigenvalue weighted by Gasteiger charge is -2.14. The van der Waals surface area contributed by atoms with E-state index in [0.29, 0.717) is 5.92 Å². The Bertz CT molecular complexity index is 304. The van der Waals surface area contributed by atoms with E-state index in [1.807, 2.05) is 6.20 Å². The molecular formula is C14H27N3. The summed E-state index contributed by atoms with van der Waals surface area (Å²) in [6, 6.07) is 2.15. The van der Waals surface area contributed by atoms with E-state index in [1.165, 1.54) is 5.69 Å². The molecule has 0 bridgehead atoms. The van der Waals surface area contributed by atoms with Gasteiger partial charge in [-0.1, -0.05) is 27.7 Å². The molecule has 1 aromatic rings. The van der Waals surface area contributed by atoms with Crippen molar-refractivity contribution >= 4 is 0 Å². The van der Waals surface area contributed by atoms with Crippen molar-refractivity contribution in [3.05, 3.63) is 18.0 Å². The maximum absolute atomic E-state index is 4.36. The number of rotatable bonds is 8. The third-order valence-corrected chi connectivity index (χ3v) is 2.84. The quantitative estimate of drug-likeness (QED) is 0.753. The summed E-state index contributed by atoms with van der Waals surface area (Å²) in [6.45, 7) is 12.2. The molecular weight excluding hydrogens is 210 g/mol. The van der Waals surface area contributed by atoms with E-state index in [4.69, 9.17) is 0 Å². The van der Waals surface area contributed by atoms with Crippen LogP contribution >= 0.6 is 0 Å². The van der Waals surface area contributed by atoms with E-state index >= 15 is 0 Å². The molecule has 1 N–H and O–H groups in total. The molecule has 98 valence electrons. The highest BCUT2D eigenvalue weighted by Gasteiger charge is 2.08. The predicted molar refractivity (Wildman–Crippen MR) is 73.1 cm³/mol. The van der Waals surface area contributed by atoms with Gasteiger partial charge in [-0.25, -0.2) is 0 Å². The first-order valence-electron chi connectivity index (χ1n) is 6.84. The van der Waals surface area contributed by atoms with Crippen LogP contribution in [-0.2, 0) is 13.0 Å². The highest BCUT2D eigenvalue weighted by Crippen LogP contribution is 2.08. The summed E-state index contributed by atoms with van der Waals surface area (Å²) in [5.74, 6) is 1.40. The number of aryl methyl sites for hydroxylation is 1. The van der Waals surface area contributed by atoms with Gasteiger partial charge in [-0.3, -0.25) is 4.68 Å². The van der Waals surface area contributed by atoms with E-state index in [-0.39, 0.29) is 0 Å². The minimum absolute atomic E-state index is 0.668. The average molecular weight is 237 g/mol. The van der Waals surface area contributed by atoms with Crippen LogP contribution in [0, 0.1) is 11.8 Å². The van der Waals surface area contributed by atoms with Gasteiger partial charge in [0.25, 0.3) is 0 Å². The van der Waals surface area contributed by atoms with E-state index in [2.05, 4.69) is 48.9 Å². The monoisotopic (exact) mass is 237 g/mol. The second kappa shape index (κ2) is 7.49. The minimum Gasteiger partial charge on any atom is -0.316 e. The van der Waals surface area contributed by atoms with Gasteiger partial charge in [0, 0.05) is 18.4 Å². The molecule has 3 nitrogen and oxygen atoms in total. The molecule has 0 spiro atoms. The molecule has 0 saturated carbocycles. The van der Waals surface area contributed by atoms with Crippen LogP contribution in [0.25, 0.3) is 0 Å². The van der Waals surface area contributed by atoms with Crippen molar-refractivity contribution in [3.63, 3.8) is 0 Å². The molecule has 1 heterocycles. The minimum atomic E-state index is 0.668. The first-order valence-corrected chi connectivity index (χ1v) is 6.84. The Morgan fingerprint density at radius 2 is 2.06 bits per heavy atom. The Balaban J connectivity index is 2.34. The Labute approximate surface area is 106 Å². The van der Waals surface area contributed by atoms with Crippen molar-refractivity contribution < 1.29 is 0 Å². The lowest BCUT2D eigenvalue weighted by molar-refractivity contribution is 0.457. The van der Waals surface area contributed by atoms with E-state index in [9.17, 15) is 0 Å². The number of aromatic nitrogens is 2. The molecule has 0 saturated heterocycles. The van der Waals surface area contributed by atoms with Gasteiger partial charge in [0.15, 0.2) is 0 Å². The second-order valence-corrected chi connectivity index (χ2v) is 5.41. The van der Waals surface area contributed by atoms with E-state index < -0.39 is 0 Å². The molecule has 17 heavy (non-hydrogen) atoms. The smallest absolute Gasteiger partial charge is 0.0492 e. The van der Waals surface area contributed by atoms with Gasteiger partial charge in [-0.2, -0.15) is 5.10 Å². The summed E-state index contributed by atoms with van der Waals surface area (Å²) in [5, 5.41) is 7.88. The number of hydrogen-bond acceptors (Lipinski definition) is 2. The van der Waals surface area contributed by atoms with Gasteiger partial charge >= 0.3 is 0 Å². The fourth-order valence-corrected chi connectivity index (χ4v) is 1.99. The average Bonchev–Trinajstić information content (AvgIpc) is 2.66. The first-order chi connectivity index (χ1) is 8.13. The standard InChI is InChI=1S/C14H27N3/c1-5-8-17-14(6-7-16-17)9-13(4)11-15-10-12(2)3/h6-7,12-13,15H,5,8-11H2,1-4H3. The largest absolute Gasteiger partial charge is 0.316 e. The molecule has 3 heteroatoms. The molecule has 1 atom stereocenters. The number of nitrogens with zero attached hydrogens (tertiary/aromatic N) is 2. The van der Waals surface area contributed by atoms with Gasteiger partial charge in [0.1, 0.15) is 0 Å².